The smallest absolute Gasteiger partial charge is 0.160 e. The van der Waals surface area contributed by atoms with E-state index in [1.165, 1.54) is 7.11 Å². The van der Waals surface area contributed by atoms with E-state index >= 15 is 0 Å². The highest BCUT2D eigenvalue weighted by Crippen LogP contribution is 2.33. The standard InChI is InChI=1S/C22H30O7/c1-26-18-7-5-15(10-20(18)28-3)9-17(13-23)22(25,14-24)12-16-6-8-19(27-2)21(11-16)29-4/h5-8,10-11,17,23-25H,9,12-14H2,1-4H3/t17-,22+/m0/s1. The third-order valence-electron chi connectivity index (χ3n) is 5.14. The fourth-order valence-electron chi connectivity index (χ4n) is 3.39. The topological polar surface area (TPSA) is 97.6 Å². The molecule has 2 rings (SSSR count). The molecule has 0 radical (unpaired) electrons. The van der Waals surface area contributed by atoms with E-state index in [0.717, 1.165) is 11.1 Å². The molecule has 7 nitrogen and oxygen atoms in total. The van der Waals surface area contributed by atoms with Crippen LogP contribution in [0, 0.1) is 5.92 Å². The van der Waals surface area contributed by atoms with Crippen molar-refractivity contribution < 1.29 is 34.3 Å². The Morgan fingerprint density at radius 3 is 1.69 bits per heavy atom. The molecule has 0 bridgehead atoms. The lowest BCUT2D eigenvalue weighted by Gasteiger charge is -2.34. The molecule has 2 aromatic rings. The maximum absolute atomic E-state index is 11.2. The van der Waals surface area contributed by atoms with E-state index in [9.17, 15) is 15.3 Å². The van der Waals surface area contributed by atoms with Crippen molar-refractivity contribution in [2.24, 2.45) is 5.92 Å². The number of ether oxygens (including phenoxy) is 4. The van der Waals surface area contributed by atoms with Crippen LogP contribution in [0.2, 0.25) is 0 Å². The number of methoxy groups -OCH3 is 4. The monoisotopic (exact) mass is 406 g/mol. The Hall–Kier alpha value is -2.48. The van der Waals surface area contributed by atoms with Crippen molar-refractivity contribution in [2.45, 2.75) is 18.4 Å². The van der Waals surface area contributed by atoms with Gasteiger partial charge in [0.05, 0.1) is 40.6 Å². The highest BCUT2D eigenvalue weighted by molar-refractivity contribution is 5.44. The lowest BCUT2D eigenvalue weighted by atomic mass is 9.79. The highest BCUT2D eigenvalue weighted by atomic mass is 16.5. The summed E-state index contributed by atoms with van der Waals surface area (Å²) in [4.78, 5) is 0. The van der Waals surface area contributed by atoms with Crippen LogP contribution in [0.5, 0.6) is 23.0 Å². The number of aliphatic hydroxyl groups is 3. The minimum absolute atomic E-state index is 0.141. The fraction of sp³-hybridized carbons (Fsp3) is 0.455. The van der Waals surface area contributed by atoms with Crippen molar-refractivity contribution in [3.05, 3.63) is 47.5 Å². The summed E-state index contributed by atoms with van der Waals surface area (Å²) in [5.74, 6) is 1.67. The predicted octanol–water partition coefficient (Wildman–Crippen LogP) is 1.84. The number of aliphatic hydroxyl groups excluding tert-OH is 2. The van der Waals surface area contributed by atoms with Gasteiger partial charge in [-0.25, -0.2) is 0 Å². The number of benzene rings is 2. The summed E-state index contributed by atoms with van der Waals surface area (Å²) in [5, 5.41) is 31.1. The average Bonchev–Trinajstić information content (AvgIpc) is 2.76. The Balaban J connectivity index is 2.26. The summed E-state index contributed by atoms with van der Waals surface area (Å²) in [6.45, 7) is -0.793. The Kier molecular flexibility index (Phi) is 8.13. The largest absolute Gasteiger partial charge is 0.493 e. The number of hydrogen-bond donors (Lipinski definition) is 3. The van der Waals surface area contributed by atoms with Gasteiger partial charge < -0.3 is 34.3 Å². The van der Waals surface area contributed by atoms with Crippen LogP contribution in [0.15, 0.2) is 36.4 Å². The van der Waals surface area contributed by atoms with E-state index in [2.05, 4.69) is 0 Å². The Bertz CT molecular complexity index is 793. The molecule has 0 saturated carbocycles. The van der Waals surface area contributed by atoms with Crippen molar-refractivity contribution >= 4 is 0 Å². The quantitative estimate of drug-likeness (QED) is 0.524. The van der Waals surface area contributed by atoms with Crippen LogP contribution in [-0.4, -0.2) is 62.6 Å². The molecule has 0 amide bonds. The van der Waals surface area contributed by atoms with Crippen LogP contribution < -0.4 is 18.9 Å². The fourth-order valence-corrected chi connectivity index (χ4v) is 3.39. The molecule has 0 aliphatic rings. The normalized spacial score (nSPS) is 14.0. The number of hydrogen-bond acceptors (Lipinski definition) is 7. The molecule has 3 N–H and O–H groups in total. The first kappa shape index (κ1) is 22.8. The molecule has 0 aliphatic heterocycles. The van der Waals surface area contributed by atoms with Crippen molar-refractivity contribution in [3.63, 3.8) is 0 Å². The van der Waals surface area contributed by atoms with E-state index < -0.39 is 18.1 Å². The van der Waals surface area contributed by atoms with Crippen LogP contribution in [0.3, 0.4) is 0 Å². The highest BCUT2D eigenvalue weighted by Gasteiger charge is 2.36. The minimum atomic E-state index is -1.53. The van der Waals surface area contributed by atoms with Gasteiger partial charge in [-0.05, 0) is 41.8 Å². The molecule has 0 aliphatic carbocycles. The lowest BCUT2D eigenvalue weighted by Crippen LogP contribution is -2.46. The van der Waals surface area contributed by atoms with Gasteiger partial charge in [-0.15, -0.1) is 0 Å². The van der Waals surface area contributed by atoms with Gasteiger partial charge in [-0.2, -0.15) is 0 Å². The zero-order valence-electron chi connectivity index (χ0n) is 17.3. The molecular weight excluding hydrogens is 376 g/mol. The van der Waals surface area contributed by atoms with Gasteiger partial charge in [0, 0.05) is 18.9 Å². The van der Waals surface area contributed by atoms with Crippen molar-refractivity contribution in [1.29, 1.82) is 0 Å². The van der Waals surface area contributed by atoms with E-state index in [0.29, 0.717) is 29.4 Å². The summed E-state index contributed by atoms with van der Waals surface area (Å²) in [6.07, 6.45) is 0.490. The second kappa shape index (κ2) is 10.3. The summed E-state index contributed by atoms with van der Waals surface area (Å²) in [6, 6.07) is 10.7. The zero-order valence-corrected chi connectivity index (χ0v) is 17.3. The van der Waals surface area contributed by atoms with Crippen LogP contribution in [-0.2, 0) is 12.8 Å². The van der Waals surface area contributed by atoms with Gasteiger partial charge in [0.1, 0.15) is 0 Å². The Morgan fingerprint density at radius 1 is 0.759 bits per heavy atom. The van der Waals surface area contributed by atoms with Crippen molar-refractivity contribution in [2.75, 3.05) is 41.7 Å². The first-order valence-corrected chi connectivity index (χ1v) is 9.30. The summed E-state index contributed by atoms with van der Waals surface area (Å²) < 4.78 is 21.1. The van der Waals surface area contributed by atoms with Crippen LogP contribution in [0.25, 0.3) is 0 Å². The van der Waals surface area contributed by atoms with Gasteiger partial charge in [-0.3, -0.25) is 0 Å². The first-order chi connectivity index (χ1) is 13.9. The van der Waals surface area contributed by atoms with E-state index in [-0.39, 0.29) is 13.0 Å². The van der Waals surface area contributed by atoms with Gasteiger partial charge in [0.25, 0.3) is 0 Å². The van der Waals surface area contributed by atoms with Crippen LogP contribution in [0.4, 0.5) is 0 Å². The average molecular weight is 406 g/mol. The van der Waals surface area contributed by atoms with Gasteiger partial charge in [0.15, 0.2) is 23.0 Å². The maximum atomic E-state index is 11.2. The second-order valence-corrected chi connectivity index (χ2v) is 6.90. The number of rotatable bonds is 11. The SMILES string of the molecule is COc1ccc(C[C@@H](CO)[C@](O)(CO)Cc2ccc(OC)c(OC)c2)cc1OC. The van der Waals surface area contributed by atoms with E-state index in [1.807, 2.05) is 6.07 Å². The maximum Gasteiger partial charge on any atom is 0.160 e. The molecule has 0 unspecified atom stereocenters. The van der Waals surface area contributed by atoms with Crippen LogP contribution >= 0.6 is 0 Å². The molecule has 0 spiro atoms. The molecule has 7 heteroatoms. The molecule has 2 aromatic carbocycles. The van der Waals surface area contributed by atoms with Gasteiger partial charge >= 0.3 is 0 Å². The third kappa shape index (κ3) is 5.32. The summed E-state index contributed by atoms with van der Waals surface area (Å²) in [7, 11) is 6.19. The molecular formula is C22H30O7. The molecule has 0 heterocycles. The summed E-state index contributed by atoms with van der Waals surface area (Å²) >= 11 is 0. The lowest BCUT2D eigenvalue weighted by molar-refractivity contribution is -0.0764. The first-order valence-electron chi connectivity index (χ1n) is 9.30. The minimum Gasteiger partial charge on any atom is -0.493 e. The Labute approximate surface area is 171 Å². The van der Waals surface area contributed by atoms with Crippen molar-refractivity contribution in [3.8, 4) is 23.0 Å². The molecule has 0 saturated heterocycles. The zero-order chi connectivity index (χ0) is 21.4. The molecule has 29 heavy (non-hydrogen) atoms. The third-order valence-corrected chi connectivity index (χ3v) is 5.14. The second-order valence-electron chi connectivity index (χ2n) is 6.90. The van der Waals surface area contributed by atoms with Gasteiger partial charge in [-0.1, -0.05) is 12.1 Å². The van der Waals surface area contributed by atoms with Crippen LogP contribution in [0.1, 0.15) is 11.1 Å². The molecule has 2 atom stereocenters. The van der Waals surface area contributed by atoms with E-state index in [4.69, 9.17) is 18.9 Å². The summed E-state index contributed by atoms with van der Waals surface area (Å²) in [5.41, 5.74) is 0.0764. The predicted molar refractivity (Wildman–Crippen MR) is 109 cm³/mol. The van der Waals surface area contributed by atoms with E-state index in [1.54, 1.807) is 51.7 Å². The Morgan fingerprint density at radius 2 is 1.24 bits per heavy atom. The molecule has 0 fully saturated rings. The molecule has 160 valence electrons. The molecule has 0 aromatic heterocycles. The van der Waals surface area contributed by atoms with Gasteiger partial charge in [0.2, 0.25) is 0 Å². The van der Waals surface area contributed by atoms with Crippen molar-refractivity contribution in [1.82, 2.24) is 0 Å².